The first-order valence-electron chi connectivity index (χ1n) is 14.0. The molecule has 1 saturated heterocycles. The van der Waals surface area contributed by atoms with Crippen molar-refractivity contribution >= 4 is 23.1 Å². The van der Waals surface area contributed by atoms with Gasteiger partial charge >= 0.3 is 6.09 Å². The maximum atomic E-state index is 11.7. The number of fused-ring (bicyclic) bond motifs is 1. The molecule has 2 aliphatic carbocycles. The van der Waals surface area contributed by atoms with Crippen LogP contribution in [0.4, 0.5) is 10.6 Å². The fraction of sp³-hybridized carbons (Fsp3) is 0.571. The second kappa shape index (κ2) is 10.5. The average Bonchev–Trinajstić information content (AvgIpc) is 3.48. The van der Waals surface area contributed by atoms with Gasteiger partial charge in [-0.25, -0.2) is 19.7 Å². The zero-order valence-corrected chi connectivity index (χ0v) is 22.1. The molecule has 3 aromatic rings. The van der Waals surface area contributed by atoms with Gasteiger partial charge in [-0.2, -0.15) is 0 Å². The molecule has 3 aliphatic rings. The van der Waals surface area contributed by atoms with E-state index in [-0.39, 0.29) is 6.04 Å². The van der Waals surface area contributed by atoms with E-state index >= 15 is 0 Å². The molecule has 1 amide bonds. The second-order valence-corrected chi connectivity index (χ2v) is 11.3. The van der Waals surface area contributed by atoms with Crippen LogP contribution in [0.5, 0.6) is 0 Å². The Kier molecular flexibility index (Phi) is 6.92. The molecule has 3 heterocycles. The molecule has 6 rings (SSSR count). The first-order valence-corrected chi connectivity index (χ1v) is 14.0. The molecule has 0 radical (unpaired) electrons. The molecular formula is C28H37N7O3. The van der Waals surface area contributed by atoms with Crippen LogP contribution in [0.25, 0.3) is 11.2 Å². The molecule has 4 N–H and O–H groups in total. The molecule has 10 nitrogen and oxygen atoms in total. The third kappa shape index (κ3) is 4.94. The lowest BCUT2D eigenvalue weighted by atomic mass is 9.80. The van der Waals surface area contributed by atoms with Crippen LogP contribution >= 0.6 is 0 Å². The summed E-state index contributed by atoms with van der Waals surface area (Å²) in [7, 11) is 0. The van der Waals surface area contributed by atoms with Gasteiger partial charge in [-0.05, 0) is 55.9 Å². The van der Waals surface area contributed by atoms with E-state index in [0.717, 1.165) is 36.4 Å². The van der Waals surface area contributed by atoms with Crippen LogP contribution in [0.1, 0.15) is 88.3 Å². The van der Waals surface area contributed by atoms with E-state index in [1.165, 1.54) is 32.1 Å². The van der Waals surface area contributed by atoms with Gasteiger partial charge in [-0.1, -0.05) is 56.5 Å². The Balaban J connectivity index is 1.46. The molecule has 2 saturated carbocycles. The lowest BCUT2D eigenvalue weighted by molar-refractivity contribution is 0.120. The number of aliphatic hydroxyl groups excluding tert-OH is 1. The summed E-state index contributed by atoms with van der Waals surface area (Å²) in [5.74, 6) is 3.44. The van der Waals surface area contributed by atoms with Crippen LogP contribution in [-0.4, -0.2) is 36.8 Å². The number of aliphatic hydroxyl groups is 1. The Morgan fingerprint density at radius 1 is 1.11 bits per heavy atom. The maximum absolute atomic E-state index is 11.7. The van der Waals surface area contributed by atoms with Crippen molar-refractivity contribution in [2.75, 3.05) is 5.32 Å². The van der Waals surface area contributed by atoms with Crippen LogP contribution in [0.2, 0.25) is 0 Å². The fourth-order valence-corrected chi connectivity index (χ4v) is 5.93. The Morgan fingerprint density at radius 2 is 1.87 bits per heavy atom. The van der Waals surface area contributed by atoms with Crippen LogP contribution in [0, 0.1) is 17.8 Å². The van der Waals surface area contributed by atoms with Crippen LogP contribution < -0.4 is 16.1 Å². The number of amides is 1. The normalized spacial score (nSPS) is 25.4. The van der Waals surface area contributed by atoms with Gasteiger partial charge in [0.05, 0.1) is 0 Å². The van der Waals surface area contributed by atoms with Gasteiger partial charge in [0.25, 0.3) is 0 Å². The molecule has 2 aromatic heterocycles. The average molecular weight is 520 g/mol. The van der Waals surface area contributed by atoms with Crippen molar-refractivity contribution in [1.29, 1.82) is 0 Å². The number of rotatable bonds is 8. The number of hydroxylamine groups is 1. The van der Waals surface area contributed by atoms with Crippen molar-refractivity contribution in [3.05, 3.63) is 47.5 Å². The number of hydrogen-bond donors (Lipinski definition) is 4. The zero-order chi connectivity index (χ0) is 26.2. The number of benzene rings is 1. The van der Waals surface area contributed by atoms with Crippen molar-refractivity contribution in [1.82, 2.24) is 30.3 Å². The third-order valence-electron chi connectivity index (χ3n) is 8.60. The van der Waals surface area contributed by atoms with Gasteiger partial charge in [-0.15, -0.1) is 5.48 Å². The molecule has 1 aromatic carbocycles. The van der Waals surface area contributed by atoms with Crippen molar-refractivity contribution in [2.24, 2.45) is 17.8 Å². The molecule has 0 bridgehead atoms. The monoisotopic (exact) mass is 519 g/mol. The summed E-state index contributed by atoms with van der Waals surface area (Å²) >= 11 is 0. The summed E-state index contributed by atoms with van der Waals surface area (Å²) in [6.07, 6.45) is 6.21. The maximum Gasteiger partial charge on any atom is 0.427 e. The number of hydrogen-bond acceptors (Lipinski definition) is 8. The summed E-state index contributed by atoms with van der Waals surface area (Å²) in [6.45, 7) is 5.27. The minimum atomic E-state index is -0.902. The lowest BCUT2D eigenvalue weighted by Gasteiger charge is -2.32. The summed E-state index contributed by atoms with van der Waals surface area (Å²) in [5.41, 5.74) is 4.73. The lowest BCUT2D eigenvalue weighted by Crippen LogP contribution is -2.32. The molecule has 38 heavy (non-hydrogen) atoms. The topological polar surface area (TPSA) is 126 Å². The number of anilines is 1. The van der Waals surface area contributed by atoms with Crippen LogP contribution in [0.15, 0.2) is 30.3 Å². The molecule has 10 heteroatoms. The molecule has 3 atom stereocenters. The van der Waals surface area contributed by atoms with Crippen molar-refractivity contribution in [2.45, 2.75) is 83.6 Å². The molecule has 1 aliphatic heterocycles. The van der Waals surface area contributed by atoms with Gasteiger partial charge in [0, 0.05) is 12.6 Å². The molecule has 0 spiro atoms. The Hall–Kier alpha value is -3.24. The fourth-order valence-electron chi connectivity index (χ4n) is 5.93. The number of aromatic nitrogens is 4. The quantitative estimate of drug-likeness (QED) is 0.341. The summed E-state index contributed by atoms with van der Waals surface area (Å²) < 4.78 is 2.14. The van der Waals surface area contributed by atoms with Gasteiger partial charge in [0.2, 0.25) is 0 Å². The molecule has 3 fully saturated rings. The Bertz CT molecular complexity index is 1280. The number of carbonyl (C=O) groups is 1. The number of imidazole rings is 1. The SMILES string of the molecule is CC1CCC(Cn2c(C(O)c3ccccc3)nc3nc(C4NOC(=O)N4)nc(N[C@H](C)C4CCC4)c32)CC1. The summed E-state index contributed by atoms with van der Waals surface area (Å²) in [6, 6.07) is 9.84. The van der Waals surface area contributed by atoms with Crippen LogP contribution in [-0.2, 0) is 11.4 Å². The predicted molar refractivity (Wildman–Crippen MR) is 143 cm³/mol. The van der Waals surface area contributed by atoms with E-state index < -0.39 is 18.4 Å². The van der Waals surface area contributed by atoms with Gasteiger partial charge in [-0.3, -0.25) is 5.32 Å². The number of nitrogens with zero attached hydrogens (tertiary/aromatic N) is 4. The molecule has 2 unspecified atom stereocenters. The van der Waals surface area contributed by atoms with E-state index in [1.807, 2.05) is 30.3 Å². The highest BCUT2D eigenvalue weighted by Crippen LogP contribution is 2.36. The smallest absolute Gasteiger partial charge is 0.380 e. The van der Waals surface area contributed by atoms with E-state index in [9.17, 15) is 9.90 Å². The number of nitrogens with one attached hydrogen (secondary N) is 3. The molecular weight excluding hydrogens is 482 g/mol. The van der Waals surface area contributed by atoms with Crippen LogP contribution in [0.3, 0.4) is 0 Å². The van der Waals surface area contributed by atoms with E-state index in [2.05, 4.69) is 34.5 Å². The van der Waals surface area contributed by atoms with E-state index in [4.69, 9.17) is 19.8 Å². The minimum absolute atomic E-state index is 0.221. The Morgan fingerprint density at radius 3 is 2.53 bits per heavy atom. The number of carbonyl (C=O) groups excluding carboxylic acids is 1. The van der Waals surface area contributed by atoms with Crippen molar-refractivity contribution < 1.29 is 14.7 Å². The summed E-state index contributed by atoms with van der Waals surface area (Å²) in [4.78, 5) is 31.1. The van der Waals surface area contributed by atoms with Gasteiger partial charge in [0.15, 0.2) is 23.5 Å². The third-order valence-corrected chi connectivity index (χ3v) is 8.60. The predicted octanol–water partition coefficient (Wildman–Crippen LogP) is 4.58. The highest BCUT2D eigenvalue weighted by atomic mass is 16.7. The molecule has 202 valence electrons. The second-order valence-electron chi connectivity index (χ2n) is 11.3. The minimum Gasteiger partial charge on any atom is -0.380 e. The van der Waals surface area contributed by atoms with Crippen molar-refractivity contribution in [3.8, 4) is 0 Å². The highest BCUT2D eigenvalue weighted by molar-refractivity contribution is 5.84. The van der Waals surface area contributed by atoms with Crippen molar-refractivity contribution in [3.63, 3.8) is 0 Å². The first kappa shape index (κ1) is 25.1. The highest BCUT2D eigenvalue weighted by Gasteiger charge is 2.32. The Labute approximate surface area is 222 Å². The largest absolute Gasteiger partial charge is 0.427 e. The standard InChI is InChI=1S/C28H37N7O3/c1-16-11-13-18(14-12-16)15-35-21-23(29-17(2)19-9-6-10-19)30-25(26-33-28(37)38-34-26)31-24(21)32-27(35)22(36)20-7-4-3-5-8-20/h3-5,7-8,16-19,22,26,34,36H,6,9-15H2,1-2H3,(H,33,37)(H,29,30,31)/t16?,17-,18?,22?,26?/m1/s1. The van der Waals surface area contributed by atoms with Gasteiger partial charge < -0.3 is 19.8 Å². The van der Waals surface area contributed by atoms with Gasteiger partial charge in [0.1, 0.15) is 17.4 Å². The summed E-state index contributed by atoms with van der Waals surface area (Å²) in [5, 5.41) is 17.9. The zero-order valence-electron chi connectivity index (χ0n) is 22.1. The van der Waals surface area contributed by atoms with E-state index in [1.54, 1.807) is 0 Å². The van der Waals surface area contributed by atoms with E-state index in [0.29, 0.717) is 34.9 Å². The first-order chi connectivity index (χ1) is 18.5.